The van der Waals surface area contributed by atoms with Gasteiger partial charge < -0.3 is 10.6 Å². The summed E-state index contributed by atoms with van der Waals surface area (Å²) in [6.07, 6.45) is 2.93. The number of anilines is 1. The van der Waals surface area contributed by atoms with E-state index in [1.807, 2.05) is 43.6 Å². The van der Waals surface area contributed by atoms with Gasteiger partial charge in [0.2, 0.25) is 0 Å². The third-order valence-corrected chi connectivity index (χ3v) is 2.93. The Kier molecular flexibility index (Phi) is 4.76. The highest BCUT2D eigenvalue weighted by molar-refractivity contribution is 5.94. The lowest BCUT2D eigenvalue weighted by molar-refractivity contribution is 0.0950. The van der Waals surface area contributed by atoms with Gasteiger partial charge >= 0.3 is 0 Å². The second-order valence-corrected chi connectivity index (χ2v) is 4.67. The first-order chi connectivity index (χ1) is 9.69. The third kappa shape index (κ3) is 3.85. The second-order valence-electron chi connectivity index (χ2n) is 4.67. The van der Waals surface area contributed by atoms with Crippen LogP contribution in [-0.4, -0.2) is 22.2 Å². The fourth-order valence-corrected chi connectivity index (χ4v) is 1.84. The van der Waals surface area contributed by atoms with Crippen molar-refractivity contribution in [3.63, 3.8) is 0 Å². The monoisotopic (exact) mass is 272 g/mol. The lowest BCUT2D eigenvalue weighted by atomic mass is 10.2. The molecule has 20 heavy (non-hydrogen) atoms. The topological polar surface area (TPSA) is 59.0 Å². The van der Waals surface area contributed by atoms with E-state index in [0.717, 1.165) is 24.3 Å². The Bertz CT molecular complexity index is 560. The molecule has 1 aromatic carbocycles. The fourth-order valence-electron chi connectivity index (χ4n) is 1.84. The predicted octanol–water partition coefficient (Wildman–Crippen LogP) is 2.17. The number of aromatic nitrogens is 2. The van der Waals surface area contributed by atoms with Crippen molar-refractivity contribution in [1.82, 2.24) is 15.1 Å². The first kappa shape index (κ1) is 14.1. The Labute approximate surface area is 119 Å². The zero-order chi connectivity index (χ0) is 14.4. The summed E-state index contributed by atoms with van der Waals surface area (Å²) in [6, 6.07) is 9.38. The number of amides is 1. The highest BCUT2D eigenvalue weighted by Crippen LogP contribution is 2.09. The summed E-state index contributed by atoms with van der Waals surface area (Å²) in [5, 5.41) is 10.3. The summed E-state index contributed by atoms with van der Waals surface area (Å²) in [5.41, 5.74) is 2.54. The molecule has 0 spiro atoms. The zero-order valence-electron chi connectivity index (χ0n) is 11.9. The molecule has 0 aliphatic heterocycles. The van der Waals surface area contributed by atoms with Crippen molar-refractivity contribution in [1.29, 1.82) is 0 Å². The quantitative estimate of drug-likeness (QED) is 0.847. The van der Waals surface area contributed by atoms with Crippen LogP contribution in [0.1, 0.15) is 29.4 Å². The molecule has 0 aliphatic rings. The van der Waals surface area contributed by atoms with Crippen LogP contribution in [0.4, 0.5) is 5.69 Å². The van der Waals surface area contributed by atoms with Crippen molar-refractivity contribution in [2.75, 3.05) is 11.9 Å². The van der Waals surface area contributed by atoms with Gasteiger partial charge in [-0.1, -0.05) is 6.92 Å². The summed E-state index contributed by atoms with van der Waals surface area (Å²) in [6.45, 7) is 3.49. The van der Waals surface area contributed by atoms with Gasteiger partial charge in [-0.15, -0.1) is 0 Å². The number of carbonyl (C=O) groups is 1. The van der Waals surface area contributed by atoms with Gasteiger partial charge in [0.25, 0.3) is 5.91 Å². The van der Waals surface area contributed by atoms with Crippen LogP contribution >= 0.6 is 0 Å². The van der Waals surface area contributed by atoms with Crippen LogP contribution in [0.3, 0.4) is 0 Å². The molecule has 5 heteroatoms. The van der Waals surface area contributed by atoms with Crippen molar-refractivity contribution < 1.29 is 4.79 Å². The standard InChI is InChI=1S/C15H20N4O/c1-3-9-16-13-6-4-12(5-7-13)15(20)17-11-14-8-10-19(2)18-14/h4-8,10,16H,3,9,11H2,1-2H3,(H,17,20). The molecule has 1 heterocycles. The Morgan fingerprint density at radius 1 is 1.25 bits per heavy atom. The van der Waals surface area contributed by atoms with Crippen LogP contribution in [0, 0.1) is 0 Å². The summed E-state index contributed by atoms with van der Waals surface area (Å²) >= 11 is 0. The van der Waals surface area contributed by atoms with E-state index < -0.39 is 0 Å². The minimum absolute atomic E-state index is 0.0855. The van der Waals surface area contributed by atoms with Crippen LogP contribution in [-0.2, 0) is 13.6 Å². The summed E-state index contributed by atoms with van der Waals surface area (Å²) in [7, 11) is 1.85. The molecule has 1 amide bonds. The van der Waals surface area contributed by atoms with Gasteiger partial charge in [-0.05, 0) is 36.8 Å². The SMILES string of the molecule is CCCNc1ccc(C(=O)NCc2ccn(C)n2)cc1. The maximum atomic E-state index is 12.0. The summed E-state index contributed by atoms with van der Waals surface area (Å²) < 4.78 is 1.72. The first-order valence-corrected chi connectivity index (χ1v) is 6.79. The van der Waals surface area contributed by atoms with Gasteiger partial charge in [-0.25, -0.2) is 0 Å². The van der Waals surface area contributed by atoms with Crippen LogP contribution in [0.25, 0.3) is 0 Å². The average Bonchev–Trinajstić information content (AvgIpc) is 2.89. The average molecular weight is 272 g/mol. The molecular weight excluding hydrogens is 252 g/mol. The molecule has 2 N–H and O–H groups in total. The molecule has 0 atom stereocenters. The zero-order valence-corrected chi connectivity index (χ0v) is 11.9. The van der Waals surface area contributed by atoms with Crippen LogP contribution in [0.15, 0.2) is 36.5 Å². The first-order valence-electron chi connectivity index (χ1n) is 6.79. The Morgan fingerprint density at radius 2 is 2.00 bits per heavy atom. The number of aryl methyl sites for hydroxylation is 1. The van der Waals surface area contributed by atoms with Crippen molar-refractivity contribution >= 4 is 11.6 Å². The van der Waals surface area contributed by atoms with E-state index in [4.69, 9.17) is 0 Å². The fraction of sp³-hybridized carbons (Fsp3) is 0.333. The third-order valence-electron chi connectivity index (χ3n) is 2.93. The van der Waals surface area contributed by atoms with E-state index in [1.165, 1.54) is 0 Å². The van der Waals surface area contributed by atoms with Gasteiger partial charge in [0.15, 0.2) is 0 Å². The molecule has 0 unspecified atom stereocenters. The van der Waals surface area contributed by atoms with Crippen LogP contribution in [0.2, 0.25) is 0 Å². The number of hydrogen-bond acceptors (Lipinski definition) is 3. The lowest BCUT2D eigenvalue weighted by Gasteiger charge is -2.06. The second kappa shape index (κ2) is 6.75. The molecule has 0 saturated carbocycles. The molecule has 0 bridgehead atoms. The number of hydrogen-bond donors (Lipinski definition) is 2. The molecule has 106 valence electrons. The molecule has 0 saturated heterocycles. The van der Waals surface area contributed by atoms with Crippen LogP contribution < -0.4 is 10.6 Å². The van der Waals surface area contributed by atoms with Crippen molar-refractivity contribution in [2.24, 2.45) is 7.05 Å². The van der Waals surface area contributed by atoms with Crippen molar-refractivity contribution in [3.05, 3.63) is 47.8 Å². The van der Waals surface area contributed by atoms with Gasteiger partial charge in [-0.2, -0.15) is 5.10 Å². The summed E-state index contributed by atoms with van der Waals surface area (Å²) in [4.78, 5) is 12.0. The van der Waals surface area contributed by atoms with E-state index >= 15 is 0 Å². The number of carbonyl (C=O) groups excluding carboxylic acids is 1. The maximum absolute atomic E-state index is 12.0. The highest BCUT2D eigenvalue weighted by atomic mass is 16.1. The Hall–Kier alpha value is -2.30. The van der Waals surface area contributed by atoms with Gasteiger partial charge in [0, 0.05) is 31.0 Å². The molecule has 5 nitrogen and oxygen atoms in total. The Morgan fingerprint density at radius 3 is 2.60 bits per heavy atom. The van der Waals surface area contributed by atoms with Crippen molar-refractivity contribution in [2.45, 2.75) is 19.9 Å². The molecule has 0 aliphatic carbocycles. The minimum atomic E-state index is -0.0855. The normalized spacial score (nSPS) is 10.3. The molecule has 0 radical (unpaired) electrons. The number of nitrogens with zero attached hydrogens (tertiary/aromatic N) is 2. The lowest BCUT2D eigenvalue weighted by Crippen LogP contribution is -2.23. The minimum Gasteiger partial charge on any atom is -0.385 e. The van der Waals surface area contributed by atoms with E-state index in [2.05, 4.69) is 22.7 Å². The molecular formula is C15H20N4O. The molecule has 0 fully saturated rings. The molecule has 2 rings (SSSR count). The number of benzene rings is 1. The number of nitrogens with one attached hydrogen (secondary N) is 2. The van der Waals surface area contributed by atoms with Crippen molar-refractivity contribution in [3.8, 4) is 0 Å². The van der Waals surface area contributed by atoms with E-state index in [1.54, 1.807) is 4.68 Å². The predicted molar refractivity (Wildman–Crippen MR) is 79.6 cm³/mol. The smallest absolute Gasteiger partial charge is 0.251 e. The summed E-state index contributed by atoms with van der Waals surface area (Å²) in [5.74, 6) is -0.0855. The molecule has 2 aromatic rings. The highest BCUT2D eigenvalue weighted by Gasteiger charge is 2.06. The van der Waals surface area contributed by atoms with E-state index in [-0.39, 0.29) is 5.91 Å². The van der Waals surface area contributed by atoms with Gasteiger partial charge in [0.1, 0.15) is 0 Å². The van der Waals surface area contributed by atoms with Gasteiger partial charge in [-0.3, -0.25) is 9.48 Å². The molecule has 1 aromatic heterocycles. The van der Waals surface area contributed by atoms with E-state index in [0.29, 0.717) is 12.1 Å². The van der Waals surface area contributed by atoms with Gasteiger partial charge in [0.05, 0.1) is 12.2 Å². The van der Waals surface area contributed by atoms with Crippen LogP contribution in [0.5, 0.6) is 0 Å². The maximum Gasteiger partial charge on any atom is 0.251 e. The largest absolute Gasteiger partial charge is 0.385 e. The Balaban J connectivity index is 1.88. The van der Waals surface area contributed by atoms with E-state index in [9.17, 15) is 4.79 Å². The number of rotatable bonds is 6.